The fourth-order valence-corrected chi connectivity index (χ4v) is 2.12. The van der Waals surface area contributed by atoms with Crippen LogP contribution in [0.25, 0.3) is 0 Å². The van der Waals surface area contributed by atoms with Crippen LogP contribution in [-0.2, 0) is 0 Å². The lowest BCUT2D eigenvalue weighted by atomic mass is 9.97. The smallest absolute Gasteiger partial charge is 0.0471 e. The van der Waals surface area contributed by atoms with Gasteiger partial charge in [-0.3, -0.25) is 0 Å². The molecule has 1 aliphatic rings. The van der Waals surface area contributed by atoms with E-state index in [2.05, 4.69) is 18.9 Å². The predicted molar refractivity (Wildman–Crippen MR) is 51.1 cm³/mol. The molecule has 2 nitrogen and oxygen atoms in total. The first kappa shape index (κ1) is 10.0. The summed E-state index contributed by atoms with van der Waals surface area (Å²) in [4.78, 5) is 2.41. The summed E-state index contributed by atoms with van der Waals surface area (Å²) >= 11 is 0. The largest absolute Gasteiger partial charge is 0.396 e. The van der Waals surface area contributed by atoms with E-state index in [9.17, 15) is 0 Å². The van der Waals surface area contributed by atoms with Crippen LogP contribution in [0, 0.1) is 5.92 Å². The second kappa shape index (κ2) is 4.83. The average Bonchev–Trinajstić information content (AvgIpc) is 2.28. The Hall–Kier alpha value is -0.0800. The van der Waals surface area contributed by atoms with Gasteiger partial charge in [0, 0.05) is 12.6 Å². The third-order valence-corrected chi connectivity index (χ3v) is 3.02. The molecule has 0 spiro atoms. The SMILES string of the molecule is CC(CO)C1CCCCCN1C. The lowest BCUT2D eigenvalue weighted by Gasteiger charge is -2.29. The number of likely N-dealkylation sites (tertiary alicyclic amines) is 1. The number of hydrogen-bond donors (Lipinski definition) is 1. The normalized spacial score (nSPS) is 29.8. The number of nitrogens with zero attached hydrogens (tertiary/aromatic N) is 1. The summed E-state index contributed by atoms with van der Waals surface area (Å²) in [6, 6.07) is 0.609. The number of hydrogen-bond acceptors (Lipinski definition) is 2. The molecule has 0 radical (unpaired) electrons. The Morgan fingerprint density at radius 1 is 1.42 bits per heavy atom. The summed E-state index contributed by atoms with van der Waals surface area (Å²) in [5, 5.41) is 9.07. The molecule has 0 aromatic rings. The van der Waals surface area contributed by atoms with Gasteiger partial charge in [-0.05, 0) is 32.4 Å². The van der Waals surface area contributed by atoms with Gasteiger partial charge in [-0.15, -0.1) is 0 Å². The highest BCUT2D eigenvalue weighted by atomic mass is 16.3. The average molecular weight is 171 g/mol. The quantitative estimate of drug-likeness (QED) is 0.680. The Bertz CT molecular complexity index is 127. The van der Waals surface area contributed by atoms with Crippen molar-refractivity contribution in [3.63, 3.8) is 0 Å². The molecule has 72 valence electrons. The molecular formula is C10H21NO. The van der Waals surface area contributed by atoms with Crippen LogP contribution < -0.4 is 0 Å². The lowest BCUT2D eigenvalue weighted by Crippen LogP contribution is -2.37. The van der Waals surface area contributed by atoms with Crippen molar-refractivity contribution in [3.05, 3.63) is 0 Å². The van der Waals surface area contributed by atoms with Crippen molar-refractivity contribution < 1.29 is 5.11 Å². The van der Waals surface area contributed by atoms with Crippen LogP contribution in [-0.4, -0.2) is 36.2 Å². The Morgan fingerprint density at radius 2 is 2.17 bits per heavy atom. The van der Waals surface area contributed by atoms with E-state index in [0.717, 1.165) is 0 Å². The minimum absolute atomic E-state index is 0.328. The van der Waals surface area contributed by atoms with Gasteiger partial charge >= 0.3 is 0 Å². The second-order valence-electron chi connectivity index (χ2n) is 4.06. The monoisotopic (exact) mass is 171 g/mol. The molecule has 0 aromatic carbocycles. The Balaban J connectivity index is 2.46. The maximum atomic E-state index is 9.07. The molecule has 2 unspecified atom stereocenters. The molecule has 1 heterocycles. The van der Waals surface area contributed by atoms with Crippen molar-refractivity contribution in [1.29, 1.82) is 0 Å². The molecule has 2 heteroatoms. The van der Waals surface area contributed by atoms with E-state index in [1.54, 1.807) is 0 Å². The molecule has 0 aliphatic carbocycles. The van der Waals surface area contributed by atoms with Gasteiger partial charge < -0.3 is 10.0 Å². The molecule has 0 saturated carbocycles. The zero-order valence-corrected chi connectivity index (χ0v) is 8.29. The van der Waals surface area contributed by atoms with Gasteiger partial charge in [-0.1, -0.05) is 19.8 Å². The van der Waals surface area contributed by atoms with E-state index in [1.807, 2.05) is 0 Å². The first-order valence-electron chi connectivity index (χ1n) is 5.07. The minimum Gasteiger partial charge on any atom is -0.396 e. The zero-order chi connectivity index (χ0) is 8.97. The van der Waals surface area contributed by atoms with Gasteiger partial charge in [0.1, 0.15) is 0 Å². The van der Waals surface area contributed by atoms with Gasteiger partial charge in [-0.25, -0.2) is 0 Å². The van der Waals surface area contributed by atoms with Crippen molar-refractivity contribution >= 4 is 0 Å². The van der Waals surface area contributed by atoms with Crippen LogP contribution in [0.1, 0.15) is 32.6 Å². The third-order valence-electron chi connectivity index (χ3n) is 3.02. The van der Waals surface area contributed by atoms with E-state index < -0.39 is 0 Å². The molecule has 1 aliphatic heterocycles. The first-order valence-corrected chi connectivity index (χ1v) is 5.07. The van der Waals surface area contributed by atoms with E-state index in [0.29, 0.717) is 18.6 Å². The van der Waals surface area contributed by atoms with Crippen molar-refractivity contribution in [2.24, 2.45) is 5.92 Å². The minimum atomic E-state index is 0.328. The van der Waals surface area contributed by atoms with Crippen molar-refractivity contribution in [3.8, 4) is 0 Å². The summed E-state index contributed by atoms with van der Waals surface area (Å²) < 4.78 is 0. The van der Waals surface area contributed by atoms with E-state index >= 15 is 0 Å². The van der Waals surface area contributed by atoms with Gasteiger partial charge in [0.25, 0.3) is 0 Å². The predicted octanol–water partition coefficient (Wildman–Crippen LogP) is 1.49. The molecule has 1 saturated heterocycles. The highest BCUT2D eigenvalue weighted by molar-refractivity contribution is 4.76. The van der Waals surface area contributed by atoms with Crippen LogP contribution in [0.2, 0.25) is 0 Å². The van der Waals surface area contributed by atoms with E-state index in [-0.39, 0.29) is 0 Å². The fraction of sp³-hybridized carbons (Fsp3) is 1.00. The zero-order valence-electron chi connectivity index (χ0n) is 8.29. The van der Waals surface area contributed by atoms with Crippen molar-refractivity contribution in [1.82, 2.24) is 4.90 Å². The molecule has 0 bridgehead atoms. The maximum Gasteiger partial charge on any atom is 0.0471 e. The first-order chi connectivity index (χ1) is 5.75. The number of rotatable bonds is 2. The Labute approximate surface area is 75.6 Å². The topological polar surface area (TPSA) is 23.5 Å². The second-order valence-corrected chi connectivity index (χ2v) is 4.06. The van der Waals surface area contributed by atoms with Crippen LogP contribution in [0.15, 0.2) is 0 Å². The summed E-state index contributed by atoms with van der Waals surface area (Å²) in [6.07, 6.45) is 5.28. The Morgan fingerprint density at radius 3 is 2.83 bits per heavy atom. The molecule has 1 fully saturated rings. The standard InChI is InChI=1S/C10H21NO/c1-9(8-12)10-6-4-3-5-7-11(10)2/h9-10,12H,3-8H2,1-2H3. The van der Waals surface area contributed by atoms with E-state index in [4.69, 9.17) is 5.11 Å². The highest BCUT2D eigenvalue weighted by Gasteiger charge is 2.22. The van der Waals surface area contributed by atoms with Gasteiger partial charge in [0.05, 0.1) is 0 Å². The van der Waals surface area contributed by atoms with Crippen LogP contribution in [0.3, 0.4) is 0 Å². The van der Waals surface area contributed by atoms with Crippen molar-refractivity contribution in [2.75, 3.05) is 20.2 Å². The molecular weight excluding hydrogens is 150 g/mol. The molecule has 0 aromatic heterocycles. The molecule has 1 rings (SSSR count). The van der Waals surface area contributed by atoms with Crippen LogP contribution >= 0.6 is 0 Å². The molecule has 2 atom stereocenters. The lowest BCUT2D eigenvalue weighted by molar-refractivity contribution is 0.127. The van der Waals surface area contributed by atoms with Gasteiger partial charge in [-0.2, -0.15) is 0 Å². The molecule has 12 heavy (non-hydrogen) atoms. The fourth-order valence-electron chi connectivity index (χ4n) is 2.12. The Kier molecular flexibility index (Phi) is 4.02. The maximum absolute atomic E-state index is 9.07. The number of aliphatic hydroxyl groups excluding tert-OH is 1. The van der Waals surface area contributed by atoms with Crippen molar-refractivity contribution in [2.45, 2.75) is 38.6 Å². The summed E-state index contributed by atoms with van der Waals surface area (Å²) in [5.74, 6) is 0.438. The summed E-state index contributed by atoms with van der Waals surface area (Å²) in [5.41, 5.74) is 0. The van der Waals surface area contributed by atoms with Crippen LogP contribution in [0.4, 0.5) is 0 Å². The van der Waals surface area contributed by atoms with E-state index in [1.165, 1.54) is 32.2 Å². The molecule has 0 amide bonds. The number of aliphatic hydroxyl groups is 1. The highest BCUT2D eigenvalue weighted by Crippen LogP contribution is 2.20. The molecule has 1 N–H and O–H groups in total. The van der Waals surface area contributed by atoms with Gasteiger partial charge in [0.15, 0.2) is 0 Å². The summed E-state index contributed by atoms with van der Waals surface area (Å²) in [7, 11) is 2.18. The van der Waals surface area contributed by atoms with Crippen LogP contribution in [0.5, 0.6) is 0 Å². The van der Waals surface area contributed by atoms with Gasteiger partial charge in [0.2, 0.25) is 0 Å². The third kappa shape index (κ3) is 2.46. The summed E-state index contributed by atoms with van der Waals surface area (Å²) in [6.45, 7) is 3.68.